The second-order valence-corrected chi connectivity index (χ2v) is 5.15. The van der Waals surface area contributed by atoms with Gasteiger partial charge in [0.05, 0.1) is 6.61 Å². The molecule has 1 saturated heterocycles. The molecule has 1 aliphatic heterocycles. The number of phenols is 3. The van der Waals surface area contributed by atoms with Crippen LogP contribution in [0, 0.1) is 0 Å². The summed E-state index contributed by atoms with van der Waals surface area (Å²) in [5.41, 5.74) is -0.556. The van der Waals surface area contributed by atoms with Crippen molar-refractivity contribution in [3.8, 4) is 17.2 Å². The zero-order valence-corrected chi connectivity index (χ0v) is 11.6. The highest BCUT2D eigenvalue weighted by atomic mass is 16.7. The Kier molecular flexibility index (Phi) is 4.48. The SMILES string of the molecule is O=C(c1cc(O)c(O)c(O)c1)C1(O)O[C@H](CO)[C@@H](O)[C@H](O)[C@H]1O. The van der Waals surface area contributed by atoms with Crippen LogP contribution in [0.25, 0.3) is 0 Å². The van der Waals surface area contributed by atoms with Crippen molar-refractivity contribution in [2.24, 2.45) is 0 Å². The van der Waals surface area contributed by atoms with E-state index < -0.39 is 65.4 Å². The van der Waals surface area contributed by atoms with Gasteiger partial charge in [-0.25, -0.2) is 0 Å². The first-order valence-corrected chi connectivity index (χ1v) is 6.48. The number of rotatable bonds is 3. The van der Waals surface area contributed by atoms with E-state index in [4.69, 9.17) is 9.84 Å². The number of ether oxygens (including phenoxy) is 1. The number of phenolic OH excluding ortho intramolecular Hbond substituents is 3. The summed E-state index contributed by atoms with van der Waals surface area (Å²) in [4.78, 5) is 12.3. The van der Waals surface area contributed by atoms with Crippen LogP contribution in [0.4, 0.5) is 0 Å². The number of aromatic hydroxyl groups is 3. The monoisotopic (exact) mass is 332 g/mol. The molecule has 10 nitrogen and oxygen atoms in total. The molecule has 0 amide bonds. The molecule has 1 heterocycles. The maximum absolute atomic E-state index is 12.3. The Balaban J connectivity index is 2.44. The quantitative estimate of drug-likeness (QED) is 0.211. The standard InChI is InChI=1S/C13H16O10/c14-3-7-9(18)10(19)12(21)13(22,23-7)11(20)4-1-5(15)8(17)6(16)2-4/h1-2,7,9-10,12,14-19,21-22H,3H2/t7-,9-,10+,12-,13?/m1/s1. The Morgan fingerprint density at radius 1 is 1.09 bits per heavy atom. The number of aliphatic hydroxyl groups excluding tert-OH is 4. The predicted octanol–water partition coefficient (Wildman–Crippen LogP) is -2.85. The van der Waals surface area contributed by atoms with Crippen molar-refractivity contribution in [2.45, 2.75) is 30.2 Å². The van der Waals surface area contributed by atoms with Crippen molar-refractivity contribution in [2.75, 3.05) is 6.61 Å². The van der Waals surface area contributed by atoms with Gasteiger partial charge in [-0.1, -0.05) is 0 Å². The van der Waals surface area contributed by atoms with Crippen molar-refractivity contribution in [3.05, 3.63) is 17.7 Å². The molecule has 2 rings (SSSR count). The molecule has 1 unspecified atom stereocenters. The van der Waals surface area contributed by atoms with Gasteiger partial charge in [-0.3, -0.25) is 4.79 Å². The van der Waals surface area contributed by atoms with Crippen molar-refractivity contribution in [1.29, 1.82) is 0 Å². The number of carbonyl (C=O) groups is 1. The Morgan fingerprint density at radius 3 is 2.09 bits per heavy atom. The molecule has 23 heavy (non-hydrogen) atoms. The normalized spacial score (nSPS) is 34.3. The van der Waals surface area contributed by atoms with Crippen LogP contribution in [0.15, 0.2) is 12.1 Å². The first kappa shape index (κ1) is 17.4. The fraction of sp³-hybridized carbons (Fsp3) is 0.462. The largest absolute Gasteiger partial charge is 0.504 e. The molecule has 0 radical (unpaired) electrons. The average molecular weight is 332 g/mol. The maximum atomic E-state index is 12.3. The van der Waals surface area contributed by atoms with Gasteiger partial charge in [-0.2, -0.15) is 0 Å². The summed E-state index contributed by atoms with van der Waals surface area (Å²) in [7, 11) is 0. The second-order valence-electron chi connectivity index (χ2n) is 5.15. The van der Waals surface area contributed by atoms with E-state index in [1.165, 1.54) is 0 Å². The van der Waals surface area contributed by atoms with E-state index in [-0.39, 0.29) is 0 Å². The average Bonchev–Trinajstić information content (AvgIpc) is 2.52. The zero-order chi connectivity index (χ0) is 17.5. The van der Waals surface area contributed by atoms with Crippen molar-refractivity contribution >= 4 is 5.78 Å². The van der Waals surface area contributed by atoms with Gasteiger partial charge < -0.3 is 45.6 Å². The number of ketones is 1. The number of benzene rings is 1. The molecular formula is C13H16O10. The van der Waals surface area contributed by atoms with Crippen LogP contribution in [0.5, 0.6) is 17.2 Å². The van der Waals surface area contributed by atoms with Gasteiger partial charge in [0, 0.05) is 5.56 Å². The summed E-state index contributed by atoms with van der Waals surface area (Å²) < 4.78 is 4.81. The fourth-order valence-corrected chi connectivity index (χ4v) is 2.28. The molecule has 128 valence electrons. The van der Waals surface area contributed by atoms with Crippen LogP contribution in [0.3, 0.4) is 0 Å². The van der Waals surface area contributed by atoms with E-state index >= 15 is 0 Å². The van der Waals surface area contributed by atoms with Gasteiger partial charge in [0.25, 0.3) is 5.79 Å². The predicted molar refractivity (Wildman–Crippen MR) is 70.7 cm³/mol. The van der Waals surface area contributed by atoms with Crippen LogP contribution in [-0.4, -0.2) is 83.4 Å². The Labute approximate surface area is 129 Å². The first-order chi connectivity index (χ1) is 10.6. The van der Waals surface area contributed by atoms with E-state index in [0.717, 1.165) is 0 Å². The highest BCUT2D eigenvalue weighted by Gasteiger charge is 2.57. The first-order valence-electron chi connectivity index (χ1n) is 6.48. The summed E-state index contributed by atoms with van der Waals surface area (Å²) in [5, 5.41) is 76.5. The number of hydrogen-bond donors (Lipinski definition) is 8. The summed E-state index contributed by atoms with van der Waals surface area (Å²) in [5.74, 6) is -7.08. The van der Waals surface area contributed by atoms with Crippen LogP contribution in [-0.2, 0) is 4.74 Å². The minimum Gasteiger partial charge on any atom is -0.504 e. The van der Waals surface area contributed by atoms with Crippen LogP contribution in [0.1, 0.15) is 10.4 Å². The molecule has 8 N–H and O–H groups in total. The van der Waals surface area contributed by atoms with Gasteiger partial charge in [0.2, 0.25) is 5.78 Å². The molecule has 0 saturated carbocycles. The van der Waals surface area contributed by atoms with Gasteiger partial charge in [-0.05, 0) is 12.1 Å². The summed E-state index contributed by atoms with van der Waals surface area (Å²) in [6.45, 7) is -0.868. The Bertz CT molecular complexity index is 592. The summed E-state index contributed by atoms with van der Waals surface area (Å²) in [6.07, 6.45) is -7.61. The highest BCUT2D eigenvalue weighted by Crippen LogP contribution is 2.38. The lowest BCUT2D eigenvalue weighted by molar-refractivity contribution is -0.322. The number of hydrogen-bond acceptors (Lipinski definition) is 10. The lowest BCUT2D eigenvalue weighted by Crippen LogP contribution is -2.68. The van der Waals surface area contributed by atoms with Crippen LogP contribution < -0.4 is 0 Å². The molecule has 1 aromatic rings. The maximum Gasteiger partial charge on any atom is 0.261 e. The number of carbonyl (C=O) groups excluding carboxylic acids is 1. The van der Waals surface area contributed by atoms with E-state index in [2.05, 4.69) is 0 Å². The molecule has 5 atom stereocenters. The zero-order valence-electron chi connectivity index (χ0n) is 11.6. The van der Waals surface area contributed by atoms with Crippen molar-refractivity contribution in [3.63, 3.8) is 0 Å². The smallest absolute Gasteiger partial charge is 0.261 e. The number of Topliss-reactive ketones (excluding diaryl/α,β-unsaturated/α-hetero) is 1. The lowest BCUT2D eigenvalue weighted by atomic mass is 9.87. The second kappa shape index (κ2) is 5.92. The Morgan fingerprint density at radius 2 is 1.61 bits per heavy atom. The van der Waals surface area contributed by atoms with Crippen LogP contribution >= 0.6 is 0 Å². The Hall–Kier alpha value is -1.95. The third kappa shape index (κ3) is 2.72. The van der Waals surface area contributed by atoms with E-state index in [0.29, 0.717) is 12.1 Å². The molecule has 0 bridgehead atoms. The van der Waals surface area contributed by atoms with Crippen molar-refractivity contribution < 1.29 is 50.4 Å². The molecule has 1 fully saturated rings. The van der Waals surface area contributed by atoms with Crippen LogP contribution in [0.2, 0.25) is 0 Å². The van der Waals surface area contributed by atoms with Gasteiger partial charge in [0.15, 0.2) is 17.2 Å². The minimum absolute atomic E-state index is 0.556. The molecule has 1 aromatic carbocycles. The van der Waals surface area contributed by atoms with Gasteiger partial charge in [0.1, 0.15) is 24.4 Å². The van der Waals surface area contributed by atoms with Crippen molar-refractivity contribution in [1.82, 2.24) is 0 Å². The van der Waals surface area contributed by atoms with E-state index in [9.17, 15) is 40.5 Å². The topological polar surface area (TPSA) is 188 Å². The lowest BCUT2D eigenvalue weighted by Gasteiger charge is -2.44. The molecule has 0 aromatic heterocycles. The van der Waals surface area contributed by atoms with Gasteiger partial charge >= 0.3 is 0 Å². The summed E-state index contributed by atoms with van der Waals surface area (Å²) in [6, 6.07) is 1.38. The van der Waals surface area contributed by atoms with E-state index in [1.807, 2.05) is 0 Å². The highest BCUT2D eigenvalue weighted by molar-refractivity contribution is 6.02. The van der Waals surface area contributed by atoms with Gasteiger partial charge in [-0.15, -0.1) is 0 Å². The third-order valence-electron chi connectivity index (χ3n) is 3.62. The fourth-order valence-electron chi connectivity index (χ4n) is 2.28. The number of aliphatic hydroxyl groups is 5. The minimum atomic E-state index is -3.05. The molecular weight excluding hydrogens is 316 g/mol. The molecule has 10 heteroatoms. The molecule has 0 aliphatic carbocycles. The third-order valence-corrected chi connectivity index (χ3v) is 3.62. The summed E-state index contributed by atoms with van der Waals surface area (Å²) >= 11 is 0. The van der Waals surface area contributed by atoms with E-state index in [1.54, 1.807) is 0 Å². The molecule has 0 spiro atoms. The molecule has 1 aliphatic rings.